The van der Waals surface area contributed by atoms with Crippen molar-refractivity contribution in [2.75, 3.05) is 6.54 Å². The standard InChI is InChI=1S/C11H14ClN/c1-8-6-10(4-3-5-13)9(2)11(12)7-8/h3-4,6-7H,5,13H2,1-2H3/b4-3+. The molecular weight excluding hydrogens is 182 g/mol. The van der Waals surface area contributed by atoms with Gasteiger partial charge in [0.05, 0.1) is 0 Å². The molecule has 1 aromatic rings. The molecule has 0 spiro atoms. The first-order valence-corrected chi connectivity index (χ1v) is 4.66. The van der Waals surface area contributed by atoms with Gasteiger partial charge >= 0.3 is 0 Å². The fourth-order valence-corrected chi connectivity index (χ4v) is 1.49. The maximum Gasteiger partial charge on any atom is 0.0443 e. The van der Waals surface area contributed by atoms with E-state index in [-0.39, 0.29) is 0 Å². The second-order valence-electron chi connectivity index (χ2n) is 3.10. The van der Waals surface area contributed by atoms with Gasteiger partial charge in [-0.25, -0.2) is 0 Å². The maximum atomic E-state index is 6.03. The predicted octanol–water partition coefficient (Wildman–Crippen LogP) is 2.93. The van der Waals surface area contributed by atoms with Crippen molar-refractivity contribution in [3.05, 3.63) is 39.9 Å². The fraction of sp³-hybridized carbons (Fsp3) is 0.273. The number of aryl methyl sites for hydroxylation is 1. The van der Waals surface area contributed by atoms with Crippen LogP contribution in [0.15, 0.2) is 18.2 Å². The summed E-state index contributed by atoms with van der Waals surface area (Å²) in [4.78, 5) is 0. The van der Waals surface area contributed by atoms with Gasteiger partial charge in [-0.2, -0.15) is 0 Å². The molecule has 0 aromatic heterocycles. The SMILES string of the molecule is Cc1cc(Cl)c(C)c(/C=C/CN)c1. The van der Waals surface area contributed by atoms with E-state index in [4.69, 9.17) is 17.3 Å². The van der Waals surface area contributed by atoms with Gasteiger partial charge in [0.25, 0.3) is 0 Å². The number of benzene rings is 1. The predicted molar refractivity (Wildman–Crippen MR) is 59.0 cm³/mol. The van der Waals surface area contributed by atoms with Crippen molar-refractivity contribution in [3.63, 3.8) is 0 Å². The molecule has 0 radical (unpaired) electrons. The van der Waals surface area contributed by atoms with Crippen molar-refractivity contribution in [1.82, 2.24) is 0 Å². The molecule has 0 unspecified atom stereocenters. The molecule has 0 aliphatic rings. The summed E-state index contributed by atoms with van der Waals surface area (Å²) in [5.41, 5.74) is 8.81. The first-order valence-electron chi connectivity index (χ1n) is 4.28. The Morgan fingerprint density at radius 2 is 2.08 bits per heavy atom. The Morgan fingerprint density at radius 3 is 2.69 bits per heavy atom. The molecule has 1 nitrogen and oxygen atoms in total. The van der Waals surface area contributed by atoms with Crippen LogP contribution in [-0.2, 0) is 0 Å². The highest BCUT2D eigenvalue weighted by Crippen LogP contribution is 2.22. The Labute approximate surface area is 84.2 Å². The fourth-order valence-electron chi connectivity index (χ4n) is 1.21. The minimum atomic E-state index is 0.561. The van der Waals surface area contributed by atoms with Crippen molar-refractivity contribution < 1.29 is 0 Å². The molecule has 0 saturated carbocycles. The molecule has 0 fully saturated rings. The summed E-state index contributed by atoms with van der Waals surface area (Å²) in [6.07, 6.45) is 3.94. The molecule has 2 heteroatoms. The normalized spacial score (nSPS) is 11.1. The molecule has 70 valence electrons. The highest BCUT2D eigenvalue weighted by Gasteiger charge is 2.00. The zero-order valence-electron chi connectivity index (χ0n) is 7.97. The lowest BCUT2D eigenvalue weighted by Crippen LogP contribution is -1.92. The van der Waals surface area contributed by atoms with E-state index in [1.165, 1.54) is 5.56 Å². The van der Waals surface area contributed by atoms with Crippen LogP contribution in [0.3, 0.4) is 0 Å². The van der Waals surface area contributed by atoms with Crippen LogP contribution in [0.2, 0.25) is 5.02 Å². The average molecular weight is 196 g/mol. The van der Waals surface area contributed by atoms with Crippen LogP contribution in [0.5, 0.6) is 0 Å². The van der Waals surface area contributed by atoms with Gasteiger partial charge in [0.2, 0.25) is 0 Å². The molecule has 0 aliphatic heterocycles. The van der Waals surface area contributed by atoms with Crippen molar-refractivity contribution in [1.29, 1.82) is 0 Å². The van der Waals surface area contributed by atoms with E-state index in [2.05, 4.69) is 6.07 Å². The van der Waals surface area contributed by atoms with Gasteiger partial charge in [-0.05, 0) is 36.6 Å². The van der Waals surface area contributed by atoms with Crippen molar-refractivity contribution in [2.24, 2.45) is 5.73 Å². The third-order valence-electron chi connectivity index (χ3n) is 1.96. The molecule has 1 aromatic carbocycles. The minimum absolute atomic E-state index is 0.561. The Kier molecular flexibility index (Phi) is 3.52. The summed E-state index contributed by atoms with van der Waals surface area (Å²) in [6, 6.07) is 4.07. The van der Waals surface area contributed by atoms with Crippen LogP contribution in [0.25, 0.3) is 6.08 Å². The summed E-state index contributed by atoms with van der Waals surface area (Å²) in [5, 5.41) is 0.816. The van der Waals surface area contributed by atoms with Crippen molar-refractivity contribution in [2.45, 2.75) is 13.8 Å². The Balaban J connectivity index is 3.12. The number of nitrogens with two attached hydrogens (primary N) is 1. The van der Waals surface area contributed by atoms with Gasteiger partial charge in [0.15, 0.2) is 0 Å². The average Bonchev–Trinajstić information content (AvgIpc) is 2.09. The Morgan fingerprint density at radius 1 is 1.38 bits per heavy atom. The molecule has 0 aliphatic carbocycles. The molecule has 0 bridgehead atoms. The molecule has 13 heavy (non-hydrogen) atoms. The number of rotatable bonds is 2. The summed E-state index contributed by atoms with van der Waals surface area (Å²) >= 11 is 6.03. The lowest BCUT2D eigenvalue weighted by atomic mass is 10.1. The van der Waals surface area contributed by atoms with Crippen LogP contribution in [-0.4, -0.2) is 6.54 Å². The number of hydrogen-bond donors (Lipinski definition) is 1. The monoisotopic (exact) mass is 195 g/mol. The van der Waals surface area contributed by atoms with E-state index in [0.29, 0.717) is 6.54 Å². The van der Waals surface area contributed by atoms with Crippen LogP contribution >= 0.6 is 11.6 Å². The summed E-state index contributed by atoms with van der Waals surface area (Å²) < 4.78 is 0. The smallest absolute Gasteiger partial charge is 0.0443 e. The first kappa shape index (κ1) is 10.3. The number of halogens is 1. The van der Waals surface area contributed by atoms with Crippen LogP contribution in [0, 0.1) is 13.8 Å². The topological polar surface area (TPSA) is 26.0 Å². The Bertz CT molecular complexity index is 329. The van der Waals surface area contributed by atoms with Gasteiger partial charge in [0.1, 0.15) is 0 Å². The van der Waals surface area contributed by atoms with E-state index in [1.54, 1.807) is 0 Å². The van der Waals surface area contributed by atoms with Crippen molar-refractivity contribution >= 4 is 17.7 Å². The quantitative estimate of drug-likeness (QED) is 0.772. The van der Waals surface area contributed by atoms with Gasteiger partial charge in [-0.15, -0.1) is 0 Å². The Hall–Kier alpha value is -0.790. The minimum Gasteiger partial charge on any atom is -0.327 e. The van der Waals surface area contributed by atoms with E-state index in [9.17, 15) is 0 Å². The highest BCUT2D eigenvalue weighted by molar-refractivity contribution is 6.31. The largest absolute Gasteiger partial charge is 0.327 e. The van der Waals surface area contributed by atoms with Crippen LogP contribution in [0.4, 0.5) is 0 Å². The second kappa shape index (κ2) is 4.45. The zero-order chi connectivity index (χ0) is 9.84. The molecule has 0 amide bonds. The van der Waals surface area contributed by atoms with Gasteiger partial charge in [-0.3, -0.25) is 0 Å². The highest BCUT2D eigenvalue weighted by atomic mass is 35.5. The van der Waals surface area contributed by atoms with E-state index in [1.807, 2.05) is 32.1 Å². The molecule has 0 heterocycles. The summed E-state index contributed by atoms with van der Waals surface area (Å²) in [6.45, 7) is 4.61. The molecule has 2 N–H and O–H groups in total. The van der Waals surface area contributed by atoms with Crippen molar-refractivity contribution in [3.8, 4) is 0 Å². The molecule has 0 saturated heterocycles. The summed E-state index contributed by atoms with van der Waals surface area (Å²) in [7, 11) is 0. The molecule has 1 rings (SSSR count). The third kappa shape index (κ3) is 2.58. The summed E-state index contributed by atoms with van der Waals surface area (Å²) in [5.74, 6) is 0. The third-order valence-corrected chi connectivity index (χ3v) is 2.35. The lowest BCUT2D eigenvalue weighted by Gasteiger charge is -2.04. The zero-order valence-corrected chi connectivity index (χ0v) is 8.73. The van der Waals surface area contributed by atoms with E-state index >= 15 is 0 Å². The van der Waals surface area contributed by atoms with Crippen LogP contribution in [0.1, 0.15) is 16.7 Å². The molecular formula is C11H14ClN. The second-order valence-corrected chi connectivity index (χ2v) is 3.51. The first-order chi connectivity index (χ1) is 6.15. The van der Waals surface area contributed by atoms with Gasteiger partial charge < -0.3 is 5.73 Å². The van der Waals surface area contributed by atoms with Crippen LogP contribution < -0.4 is 5.73 Å². The van der Waals surface area contributed by atoms with Gasteiger partial charge in [0, 0.05) is 11.6 Å². The maximum absolute atomic E-state index is 6.03. The molecule has 0 atom stereocenters. The lowest BCUT2D eigenvalue weighted by molar-refractivity contribution is 1.26. The van der Waals surface area contributed by atoms with E-state index in [0.717, 1.165) is 16.1 Å². The van der Waals surface area contributed by atoms with E-state index < -0.39 is 0 Å². The number of hydrogen-bond acceptors (Lipinski definition) is 1. The van der Waals surface area contributed by atoms with Gasteiger partial charge in [-0.1, -0.05) is 29.8 Å².